The van der Waals surface area contributed by atoms with Gasteiger partial charge >= 0.3 is 0 Å². The number of hydrogen-bond acceptors (Lipinski definition) is 17. The van der Waals surface area contributed by atoms with Crippen LogP contribution in [0.2, 0.25) is 0 Å². The molecule has 7 aromatic rings. The molecule has 77 heavy (non-hydrogen) atoms. The number of benzene rings is 3. The molecule has 4 aromatic heterocycles. The third kappa shape index (κ3) is 11.8. The van der Waals surface area contributed by atoms with Crippen molar-refractivity contribution in [2.45, 2.75) is 58.5 Å². The third-order valence-corrected chi connectivity index (χ3v) is 14.9. The molecule has 0 bridgehead atoms. The Labute approximate surface area is 449 Å². The summed E-state index contributed by atoms with van der Waals surface area (Å²) in [6.45, 7) is 9.40. The zero-order valence-electron chi connectivity index (χ0n) is 43.1. The Morgan fingerprint density at radius 3 is 2.48 bits per heavy atom. The van der Waals surface area contributed by atoms with Crippen molar-refractivity contribution in [3.63, 3.8) is 0 Å². The van der Waals surface area contributed by atoms with E-state index in [9.17, 15) is 24.3 Å². The van der Waals surface area contributed by atoms with Gasteiger partial charge in [0.2, 0.25) is 17.7 Å². The second kappa shape index (κ2) is 23.5. The molecule has 3 aliphatic rings. The van der Waals surface area contributed by atoms with E-state index in [0.29, 0.717) is 78.3 Å². The molecule has 22 heteroatoms. The van der Waals surface area contributed by atoms with Crippen LogP contribution in [0.1, 0.15) is 47.4 Å². The molecule has 0 unspecified atom stereocenters. The molecule has 0 spiro atoms. The number of aliphatic hydroxyl groups excluding tert-OH is 1. The van der Waals surface area contributed by atoms with Gasteiger partial charge in [-0.15, -0.1) is 11.3 Å². The molecule has 4 amide bonds. The fourth-order valence-electron chi connectivity index (χ4n) is 10.0. The highest BCUT2D eigenvalue weighted by Crippen LogP contribution is 2.34. The molecular formula is C55H61N13O8S. The van der Waals surface area contributed by atoms with Crippen molar-refractivity contribution in [3.8, 4) is 27.6 Å². The van der Waals surface area contributed by atoms with Crippen molar-refractivity contribution in [1.82, 2.24) is 49.3 Å². The molecule has 0 aliphatic carbocycles. The summed E-state index contributed by atoms with van der Waals surface area (Å²) in [5.41, 5.74) is 15.3. The van der Waals surface area contributed by atoms with Crippen LogP contribution in [-0.2, 0) is 36.9 Å². The Morgan fingerprint density at radius 1 is 0.922 bits per heavy atom. The maximum atomic E-state index is 14.3. The lowest BCUT2D eigenvalue weighted by atomic mass is 10.0. The molecular weight excluding hydrogens is 1000 g/mol. The Bertz CT molecular complexity index is 3250. The standard InChI is InChI=1S/C55H61N13O8S/c1-34(2)49(68-29-38-6-4-5-7-42(38)54(68)72)55(73)67-30-41(69)25-45(67)53(71)59-26-37-9-8-36(50-35(3)60-33-77-50)24-46(37)76-23-22-74-20-21-75-32-48(70)65-18-16-64(17-19-65)40-12-10-39(11-13-40)61-51-52-58-14-15-66(52)31-44(63-51)43-27-57-28-47(56)62-43/h4-15,24,27-28,31,33-34,41,45,49,69H,16-23,25-26,29-30,32H2,1-3H3,(H2,56,62)(H,59,71)(H,61,63)/t41-,45+,49+/m1/s1. The van der Waals surface area contributed by atoms with Gasteiger partial charge in [0.05, 0.1) is 54.4 Å². The summed E-state index contributed by atoms with van der Waals surface area (Å²) in [7, 11) is 0. The van der Waals surface area contributed by atoms with E-state index in [4.69, 9.17) is 24.9 Å². The molecule has 5 N–H and O–H groups in total. The molecule has 21 nitrogen and oxygen atoms in total. The van der Waals surface area contributed by atoms with Crippen LogP contribution in [0.5, 0.6) is 5.75 Å². The number of imidazole rings is 1. The number of nitrogens with one attached hydrogen (secondary N) is 2. The van der Waals surface area contributed by atoms with E-state index in [1.165, 1.54) is 22.4 Å². The van der Waals surface area contributed by atoms with Crippen LogP contribution in [0.3, 0.4) is 0 Å². The molecule has 0 radical (unpaired) electrons. The summed E-state index contributed by atoms with van der Waals surface area (Å²) in [4.78, 5) is 85.0. The number of aliphatic hydroxyl groups is 1. The number of hydrogen-bond donors (Lipinski definition) is 4. The minimum absolute atomic E-state index is 0.0140. The van der Waals surface area contributed by atoms with Gasteiger partial charge in [0.25, 0.3) is 5.91 Å². The minimum Gasteiger partial charge on any atom is -0.491 e. The summed E-state index contributed by atoms with van der Waals surface area (Å²) < 4.78 is 19.7. The van der Waals surface area contributed by atoms with E-state index in [-0.39, 0.29) is 76.2 Å². The number of aryl methyl sites for hydroxylation is 1. The van der Waals surface area contributed by atoms with Crippen molar-refractivity contribution in [3.05, 3.63) is 126 Å². The maximum Gasteiger partial charge on any atom is 0.255 e. The molecule has 0 saturated carbocycles. The second-order valence-electron chi connectivity index (χ2n) is 19.5. The highest BCUT2D eigenvalue weighted by atomic mass is 32.1. The predicted molar refractivity (Wildman–Crippen MR) is 289 cm³/mol. The maximum absolute atomic E-state index is 14.3. The van der Waals surface area contributed by atoms with E-state index in [0.717, 1.165) is 33.1 Å². The highest BCUT2D eigenvalue weighted by Gasteiger charge is 2.46. The number of aromatic nitrogens is 6. The van der Waals surface area contributed by atoms with Gasteiger partial charge in [-0.05, 0) is 60.4 Å². The number of nitrogen functional groups attached to an aromatic ring is 1. The van der Waals surface area contributed by atoms with Gasteiger partial charge in [0.15, 0.2) is 11.5 Å². The molecule has 2 saturated heterocycles. The zero-order chi connectivity index (χ0) is 53.6. The lowest BCUT2D eigenvalue weighted by Gasteiger charge is -2.36. The summed E-state index contributed by atoms with van der Waals surface area (Å²) >= 11 is 1.52. The number of nitrogens with two attached hydrogens (primary N) is 1. The number of thiazole rings is 1. The van der Waals surface area contributed by atoms with Crippen LogP contribution in [0.4, 0.5) is 23.0 Å². The molecule has 10 rings (SSSR count). The first kappa shape index (κ1) is 52.4. The highest BCUT2D eigenvalue weighted by molar-refractivity contribution is 7.13. The smallest absolute Gasteiger partial charge is 0.255 e. The Balaban J connectivity index is 0.665. The Hall–Kier alpha value is -8.05. The number of carbonyl (C=O) groups is 4. The fourth-order valence-corrected chi connectivity index (χ4v) is 10.8. The first-order valence-electron chi connectivity index (χ1n) is 25.7. The van der Waals surface area contributed by atoms with Crippen LogP contribution in [0.15, 0.2) is 103 Å². The average Bonchev–Trinajstić information content (AvgIpc) is 4.26. The molecule has 7 heterocycles. The van der Waals surface area contributed by atoms with Gasteiger partial charge in [-0.2, -0.15) is 0 Å². The summed E-state index contributed by atoms with van der Waals surface area (Å²) in [5, 5.41) is 17.2. The first-order chi connectivity index (χ1) is 37.4. The number of likely N-dealkylation sites (tertiary alicyclic amines) is 1. The lowest BCUT2D eigenvalue weighted by molar-refractivity contribution is -0.143. The molecule has 3 aromatic carbocycles. The van der Waals surface area contributed by atoms with Crippen molar-refractivity contribution < 1.29 is 38.5 Å². The van der Waals surface area contributed by atoms with Crippen LogP contribution in [0.25, 0.3) is 27.5 Å². The first-order valence-corrected chi connectivity index (χ1v) is 26.5. The van der Waals surface area contributed by atoms with Crippen molar-refractivity contribution in [2.24, 2.45) is 5.92 Å². The van der Waals surface area contributed by atoms with E-state index in [1.807, 2.05) is 97.1 Å². The average molecular weight is 1060 g/mol. The number of β-amino-alcohol motifs (C(OH)–C–C–N with tert-alkyl or cyclic N) is 1. The topological polar surface area (TPSA) is 248 Å². The van der Waals surface area contributed by atoms with Gasteiger partial charge < -0.3 is 59.7 Å². The predicted octanol–water partition coefficient (Wildman–Crippen LogP) is 4.96. The Morgan fingerprint density at radius 2 is 1.71 bits per heavy atom. The number of piperazine rings is 1. The zero-order valence-corrected chi connectivity index (χ0v) is 43.9. The molecule has 3 atom stereocenters. The summed E-state index contributed by atoms with van der Waals surface area (Å²) in [6.07, 6.45) is 7.65. The minimum atomic E-state index is -0.929. The number of nitrogens with zero attached hydrogens (tertiary/aromatic N) is 10. The molecule has 400 valence electrons. The van der Waals surface area contributed by atoms with Crippen molar-refractivity contribution >= 4 is 63.6 Å². The Kier molecular flexibility index (Phi) is 16.0. The van der Waals surface area contributed by atoms with Gasteiger partial charge in [-0.3, -0.25) is 24.2 Å². The van der Waals surface area contributed by atoms with Crippen molar-refractivity contribution in [1.29, 1.82) is 0 Å². The second-order valence-corrected chi connectivity index (χ2v) is 20.4. The van der Waals surface area contributed by atoms with Crippen LogP contribution in [0, 0.1) is 12.8 Å². The lowest BCUT2D eigenvalue weighted by Crippen LogP contribution is -2.55. The normalized spacial score (nSPS) is 16.8. The molecule has 3 aliphatic heterocycles. The van der Waals surface area contributed by atoms with E-state index >= 15 is 0 Å². The third-order valence-electron chi connectivity index (χ3n) is 14.0. The monoisotopic (exact) mass is 1060 g/mol. The summed E-state index contributed by atoms with van der Waals surface area (Å²) in [6, 6.07) is 19.4. The van der Waals surface area contributed by atoms with Gasteiger partial charge in [0.1, 0.15) is 48.3 Å². The van der Waals surface area contributed by atoms with E-state index in [2.05, 4.69) is 35.5 Å². The number of amides is 4. The van der Waals surface area contributed by atoms with Gasteiger partial charge in [-0.25, -0.2) is 19.9 Å². The number of ether oxygens (including phenoxy) is 3. The molecule has 2 fully saturated rings. The van der Waals surface area contributed by atoms with Gasteiger partial charge in [0, 0.05) is 93.3 Å². The quantitative estimate of drug-likeness (QED) is 0.0737. The van der Waals surface area contributed by atoms with Crippen LogP contribution < -0.4 is 26.0 Å². The summed E-state index contributed by atoms with van der Waals surface area (Å²) in [5.74, 6) is 0.0811. The van der Waals surface area contributed by atoms with Crippen LogP contribution >= 0.6 is 11.3 Å². The largest absolute Gasteiger partial charge is 0.491 e. The number of carbonyl (C=O) groups excluding carboxylic acids is 4. The van der Waals surface area contributed by atoms with Crippen molar-refractivity contribution in [2.75, 3.05) is 81.7 Å². The van der Waals surface area contributed by atoms with E-state index < -0.39 is 24.1 Å². The fraction of sp³-hybridized carbons (Fsp3) is 0.364. The number of rotatable bonds is 20. The van der Waals surface area contributed by atoms with Gasteiger partial charge in [-0.1, -0.05) is 44.2 Å². The van der Waals surface area contributed by atoms with E-state index in [1.54, 1.807) is 34.9 Å². The number of anilines is 4. The SMILES string of the molecule is Cc1ncsc1-c1ccc(CNC(=O)[C@@H]2C[C@@H](O)CN2C(=O)[C@H](C(C)C)N2Cc3ccccc3C2=O)c(OCCOCCOCC(=O)N2CCN(c3ccc(Nc4nc(-c5cncc(N)n5)cn5ccnc45)cc3)CC2)c1. The van der Waals surface area contributed by atoms with Crippen LogP contribution in [-0.4, -0.2) is 157 Å². The number of fused-ring (bicyclic) bond motifs is 2.